The molecule has 1 unspecified atom stereocenters. The molecule has 0 bridgehead atoms. The van der Waals surface area contributed by atoms with Gasteiger partial charge in [-0.25, -0.2) is 4.99 Å². The zero-order valence-corrected chi connectivity index (χ0v) is 17.8. The van der Waals surface area contributed by atoms with Crippen molar-refractivity contribution in [2.45, 2.75) is 26.7 Å². The van der Waals surface area contributed by atoms with Crippen LogP contribution in [-0.2, 0) is 9.53 Å². The van der Waals surface area contributed by atoms with E-state index in [1.165, 1.54) is 0 Å². The molecule has 1 aromatic heterocycles. The maximum Gasteiger partial charge on any atom is 0.310 e. The largest absolute Gasteiger partial charge is 0.490 e. The van der Waals surface area contributed by atoms with Crippen molar-refractivity contribution in [3.8, 4) is 5.75 Å². The zero-order valence-electron chi connectivity index (χ0n) is 15.5. The Balaban J connectivity index is 0.00000338. The standard InChI is InChI=1S/C18H28N4O3.HI/c1-3-20-18(21-10-12-25-16-8-5-9-19-13-16)22-11-6-7-15(14-22)17(23)24-4-2;/h5,8-9,13,15H,3-4,6-7,10-12,14H2,1-2H3,(H,20,21);1H. The lowest BCUT2D eigenvalue weighted by Gasteiger charge is -2.34. The number of guanidine groups is 1. The summed E-state index contributed by atoms with van der Waals surface area (Å²) in [6.07, 6.45) is 5.23. The van der Waals surface area contributed by atoms with Gasteiger partial charge in [0.15, 0.2) is 5.96 Å². The Morgan fingerprint density at radius 1 is 1.46 bits per heavy atom. The topological polar surface area (TPSA) is 76.1 Å². The molecule has 1 aromatic rings. The lowest BCUT2D eigenvalue weighted by molar-refractivity contribution is -0.149. The molecule has 2 heterocycles. The fourth-order valence-electron chi connectivity index (χ4n) is 2.80. The monoisotopic (exact) mass is 476 g/mol. The van der Waals surface area contributed by atoms with Crippen LogP contribution in [0.15, 0.2) is 29.5 Å². The van der Waals surface area contributed by atoms with E-state index in [0.29, 0.717) is 26.3 Å². The van der Waals surface area contributed by atoms with Crippen molar-refractivity contribution in [2.75, 3.05) is 39.4 Å². The van der Waals surface area contributed by atoms with E-state index in [0.717, 1.165) is 37.6 Å². The van der Waals surface area contributed by atoms with E-state index in [4.69, 9.17) is 9.47 Å². The number of aromatic nitrogens is 1. The molecule has 1 fully saturated rings. The van der Waals surface area contributed by atoms with Gasteiger partial charge in [0.1, 0.15) is 12.4 Å². The van der Waals surface area contributed by atoms with Gasteiger partial charge in [-0.05, 0) is 38.8 Å². The van der Waals surface area contributed by atoms with Gasteiger partial charge >= 0.3 is 5.97 Å². The van der Waals surface area contributed by atoms with E-state index in [-0.39, 0.29) is 35.9 Å². The number of hydrogen-bond acceptors (Lipinski definition) is 5. The van der Waals surface area contributed by atoms with Crippen LogP contribution in [0.5, 0.6) is 5.75 Å². The Bertz CT molecular complexity index is 557. The number of piperidine rings is 1. The first-order chi connectivity index (χ1) is 12.2. The summed E-state index contributed by atoms with van der Waals surface area (Å²) >= 11 is 0. The summed E-state index contributed by atoms with van der Waals surface area (Å²) in [6.45, 7) is 7.64. The van der Waals surface area contributed by atoms with E-state index in [1.54, 1.807) is 12.4 Å². The van der Waals surface area contributed by atoms with Gasteiger partial charge in [0.2, 0.25) is 0 Å². The lowest BCUT2D eigenvalue weighted by atomic mass is 9.98. The number of nitrogens with zero attached hydrogens (tertiary/aromatic N) is 3. The maximum absolute atomic E-state index is 12.0. The highest BCUT2D eigenvalue weighted by molar-refractivity contribution is 14.0. The quantitative estimate of drug-likeness (QED) is 0.214. The van der Waals surface area contributed by atoms with Gasteiger partial charge < -0.3 is 19.7 Å². The number of likely N-dealkylation sites (tertiary alicyclic amines) is 1. The number of esters is 1. The predicted molar refractivity (Wildman–Crippen MR) is 112 cm³/mol. The Morgan fingerprint density at radius 2 is 2.31 bits per heavy atom. The molecular formula is C18H29IN4O3. The van der Waals surface area contributed by atoms with Crippen molar-refractivity contribution in [2.24, 2.45) is 10.9 Å². The summed E-state index contributed by atoms with van der Waals surface area (Å²) in [7, 11) is 0. The molecular weight excluding hydrogens is 447 g/mol. The summed E-state index contributed by atoms with van der Waals surface area (Å²) in [5, 5.41) is 3.30. The van der Waals surface area contributed by atoms with Gasteiger partial charge in [0.25, 0.3) is 0 Å². The Labute approximate surface area is 172 Å². The van der Waals surface area contributed by atoms with Crippen LogP contribution in [0.25, 0.3) is 0 Å². The molecule has 7 nitrogen and oxygen atoms in total. The number of nitrogens with one attached hydrogen (secondary N) is 1. The van der Waals surface area contributed by atoms with Crippen molar-refractivity contribution in [1.82, 2.24) is 15.2 Å². The minimum Gasteiger partial charge on any atom is -0.490 e. The summed E-state index contributed by atoms with van der Waals surface area (Å²) < 4.78 is 10.8. The van der Waals surface area contributed by atoms with Gasteiger partial charge in [0.05, 0.1) is 25.3 Å². The van der Waals surface area contributed by atoms with E-state index in [9.17, 15) is 4.79 Å². The molecule has 0 amide bonds. The van der Waals surface area contributed by atoms with Crippen LogP contribution in [0.4, 0.5) is 0 Å². The fraction of sp³-hybridized carbons (Fsp3) is 0.611. The third-order valence-electron chi connectivity index (χ3n) is 3.93. The summed E-state index contributed by atoms with van der Waals surface area (Å²) in [4.78, 5) is 22.8. The minimum atomic E-state index is -0.108. The number of halogens is 1. The number of aliphatic imine (C=N–C) groups is 1. The molecule has 1 saturated heterocycles. The summed E-state index contributed by atoms with van der Waals surface area (Å²) in [5.41, 5.74) is 0. The molecule has 0 spiro atoms. The molecule has 0 radical (unpaired) electrons. The van der Waals surface area contributed by atoms with Crippen LogP contribution in [0.1, 0.15) is 26.7 Å². The van der Waals surface area contributed by atoms with Crippen LogP contribution in [-0.4, -0.2) is 61.2 Å². The molecule has 26 heavy (non-hydrogen) atoms. The highest BCUT2D eigenvalue weighted by Gasteiger charge is 2.28. The van der Waals surface area contributed by atoms with Gasteiger partial charge in [-0.2, -0.15) is 0 Å². The Hall–Kier alpha value is -1.58. The normalized spacial score (nSPS) is 17.2. The molecule has 8 heteroatoms. The number of pyridine rings is 1. The number of hydrogen-bond donors (Lipinski definition) is 1. The first kappa shape index (κ1) is 22.5. The predicted octanol–water partition coefficient (Wildman–Crippen LogP) is 2.32. The number of rotatable bonds is 7. The smallest absolute Gasteiger partial charge is 0.310 e. The zero-order chi connectivity index (χ0) is 17.9. The van der Waals surface area contributed by atoms with Gasteiger partial charge in [-0.15, -0.1) is 24.0 Å². The number of ether oxygens (including phenoxy) is 2. The van der Waals surface area contributed by atoms with Crippen LogP contribution in [0.2, 0.25) is 0 Å². The molecule has 146 valence electrons. The van der Waals surface area contributed by atoms with E-state index in [1.807, 2.05) is 26.0 Å². The minimum absolute atomic E-state index is 0. The van der Waals surface area contributed by atoms with Crippen molar-refractivity contribution in [3.05, 3.63) is 24.5 Å². The van der Waals surface area contributed by atoms with E-state index in [2.05, 4.69) is 20.2 Å². The second-order valence-corrected chi connectivity index (χ2v) is 5.81. The highest BCUT2D eigenvalue weighted by Crippen LogP contribution is 2.18. The van der Waals surface area contributed by atoms with Crippen LogP contribution in [0, 0.1) is 5.92 Å². The molecule has 2 rings (SSSR count). The molecule has 1 atom stereocenters. The maximum atomic E-state index is 12.0. The van der Waals surface area contributed by atoms with Gasteiger partial charge in [-0.1, -0.05) is 0 Å². The third kappa shape index (κ3) is 7.35. The molecule has 0 saturated carbocycles. The number of carbonyl (C=O) groups is 1. The van der Waals surface area contributed by atoms with Crippen molar-refractivity contribution < 1.29 is 14.3 Å². The van der Waals surface area contributed by atoms with E-state index >= 15 is 0 Å². The highest BCUT2D eigenvalue weighted by atomic mass is 127. The fourth-order valence-corrected chi connectivity index (χ4v) is 2.80. The first-order valence-corrected chi connectivity index (χ1v) is 8.97. The Morgan fingerprint density at radius 3 is 3.00 bits per heavy atom. The number of carbonyl (C=O) groups excluding carboxylic acids is 1. The SMILES string of the molecule is CCNC(=NCCOc1cccnc1)N1CCCC(C(=O)OCC)C1.I. The van der Waals surface area contributed by atoms with Crippen molar-refractivity contribution in [1.29, 1.82) is 0 Å². The van der Waals surface area contributed by atoms with Crippen molar-refractivity contribution >= 4 is 35.9 Å². The molecule has 1 aliphatic heterocycles. The molecule has 0 aromatic carbocycles. The van der Waals surface area contributed by atoms with Crippen LogP contribution >= 0.6 is 24.0 Å². The average Bonchev–Trinajstić information content (AvgIpc) is 2.65. The summed E-state index contributed by atoms with van der Waals surface area (Å²) in [5.74, 6) is 1.38. The first-order valence-electron chi connectivity index (χ1n) is 8.97. The third-order valence-corrected chi connectivity index (χ3v) is 3.93. The van der Waals surface area contributed by atoms with Gasteiger partial charge in [0, 0.05) is 25.8 Å². The Kier molecular flexibility index (Phi) is 11.0. The van der Waals surface area contributed by atoms with Gasteiger partial charge in [-0.3, -0.25) is 9.78 Å². The van der Waals surface area contributed by atoms with Crippen LogP contribution in [0.3, 0.4) is 0 Å². The van der Waals surface area contributed by atoms with E-state index < -0.39 is 0 Å². The average molecular weight is 476 g/mol. The van der Waals surface area contributed by atoms with Crippen LogP contribution < -0.4 is 10.1 Å². The molecule has 1 aliphatic rings. The lowest BCUT2D eigenvalue weighted by Crippen LogP contribution is -2.48. The molecule has 1 N–H and O–H groups in total. The second-order valence-electron chi connectivity index (χ2n) is 5.81. The second kappa shape index (κ2) is 12.7. The molecule has 0 aliphatic carbocycles. The van der Waals surface area contributed by atoms with Crippen molar-refractivity contribution in [3.63, 3.8) is 0 Å². The summed E-state index contributed by atoms with van der Waals surface area (Å²) in [6, 6.07) is 3.71.